The van der Waals surface area contributed by atoms with Gasteiger partial charge < -0.3 is 19.5 Å². The van der Waals surface area contributed by atoms with Crippen LogP contribution in [0, 0.1) is 0 Å². The van der Waals surface area contributed by atoms with E-state index in [0.717, 1.165) is 15.4 Å². The number of amides is 2. The first-order chi connectivity index (χ1) is 12.0. The van der Waals surface area contributed by atoms with Crippen LogP contribution in [0.15, 0.2) is 30.3 Å². The Hall–Kier alpha value is -2.77. The summed E-state index contributed by atoms with van der Waals surface area (Å²) in [6.07, 6.45) is -1.46. The summed E-state index contributed by atoms with van der Waals surface area (Å²) >= 11 is 0. The van der Waals surface area contributed by atoms with Crippen molar-refractivity contribution in [3.63, 3.8) is 0 Å². The van der Waals surface area contributed by atoms with Crippen molar-refractivity contribution in [2.75, 3.05) is 20.6 Å². The average Bonchev–Trinajstić information content (AvgIpc) is 2.55. The van der Waals surface area contributed by atoms with Gasteiger partial charge in [0.05, 0.1) is 6.54 Å². The molecule has 0 fully saturated rings. The van der Waals surface area contributed by atoms with Crippen LogP contribution in [0.2, 0.25) is 0 Å². The summed E-state index contributed by atoms with van der Waals surface area (Å²) in [5, 5.41) is 9.41. The number of carbonyl (C=O) groups excluding carboxylic acids is 2. The van der Waals surface area contributed by atoms with Crippen molar-refractivity contribution in [1.29, 1.82) is 0 Å². The second kappa shape index (κ2) is 9.07. The molecule has 8 heteroatoms. The zero-order valence-electron chi connectivity index (χ0n) is 15.8. The third-order valence-corrected chi connectivity index (χ3v) is 3.40. The zero-order valence-corrected chi connectivity index (χ0v) is 15.8. The van der Waals surface area contributed by atoms with E-state index in [-0.39, 0.29) is 13.2 Å². The molecule has 1 rings (SSSR count). The van der Waals surface area contributed by atoms with Crippen LogP contribution >= 0.6 is 0 Å². The summed E-state index contributed by atoms with van der Waals surface area (Å²) in [7, 11) is 2.72. The number of ether oxygens (including phenoxy) is 2. The first-order valence-corrected chi connectivity index (χ1v) is 8.11. The molecule has 0 heterocycles. The topological polar surface area (TPSA) is 96.4 Å². The molecule has 0 aliphatic rings. The van der Waals surface area contributed by atoms with Gasteiger partial charge in [0, 0.05) is 14.1 Å². The zero-order chi connectivity index (χ0) is 19.9. The average molecular weight is 366 g/mol. The van der Waals surface area contributed by atoms with Crippen molar-refractivity contribution in [2.24, 2.45) is 0 Å². The highest BCUT2D eigenvalue weighted by molar-refractivity contribution is 5.81. The van der Waals surface area contributed by atoms with Gasteiger partial charge in [-0.3, -0.25) is 4.90 Å². The summed E-state index contributed by atoms with van der Waals surface area (Å²) in [4.78, 5) is 37.7. The number of rotatable bonds is 6. The molecule has 8 nitrogen and oxygen atoms in total. The van der Waals surface area contributed by atoms with Gasteiger partial charge in [0.1, 0.15) is 18.2 Å². The van der Waals surface area contributed by atoms with Crippen LogP contribution in [0.5, 0.6) is 0 Å². The van der Waals surface area contributed by atoms with Crippen molar-refractivity contribution in [1.82, 2.24) is 9.80 Å². The number of hydrogen-bond acceptors (Lipinski definition) is 5. The molecule has 2 amide bonds. The summed E-state index contributed by atoms with van der Waals surface area (Å²) in [5.41, 5.74) is 0.0805. The Balaban J connectivity index is 2.68. The molecule has 0 saturated heterocycles. The minimum Gasteiger partial charge on any atom is -0.480 e. The number of benzene rings is 1. The van der Waals surface area contributed by atoms with E-state index in [9.17, 15) is 19.5 Å². The highest BCUT2D eigenvalue weighted by Gasteiger charge is 2.31. The molecule has 0 radical (unpaired) electrons. The summed E-state index contributed by atoms with van der Waals surface area (Å²) in [5.74, 6) is -1.25. The quantitative estimate of drug-likeness (QED) is 0.831. The van der Waals surface area contributed by atoms with Gasteiger partial charge in [-0.05, 0) is 26.3 Å². The third-order valence-electron chi connectivity index (χ3n) is 3.40. The molecule has 26 heavy (non-hydrogen) atoms. The summed E-state index contributed by atoms with van der Waals surface area (Å²) < 4.78 is 10.3. The maximum Gasteiger partial charge on any atom is 0.410 e. The van der Waals surface area contributed by atoms with Gasteiger partial charge in [0.25, 0.3) is 0 Å². The van der Waals surface area contributed by atoms with E-state index in [1.165, 1.54) is 14.1 Å². The van der Waals surface area contributed by atoms with Gasteiger partial charge in [-0.2, -0.15) is 0 Å². The van der Waals surface area contributed by atoms with E-state index in [1.54, 1.807) is 32.9 Å². The minimum absolute atomic E-state index is 0.0260. The number of likely N-dealkylation sites (N-methyl/N-ethyl adjacent to an activating group) is 2. The number of carbonyl (C=O) groups is 3. The third kappa shape index (κ3) is 7.00. The summed E-state index contributed by atoms with van der Waals surface area (Å²) in [6.45, 7) is 4.92. The number of carboxylic acid groups (broad SMARTS) is 1. The molecule has 1 aromatic carbocycles. The van der Waals surface area contributed by atoms with Gasteiger partial charge in [-0.1, -0.05) is 30.3 Å². The Morgan fingerprint density at radius 1 is 1.08 bits per heavy atom. The monoisotopic (exact) mass is 366 g/mol. The molecule has 1 N–H and O–H groups in total. The SMILES string of the molecule is CN(C[C@@H](C(=O)O)N(C)C(=O)OCc1ccccc1)C(=O)OC(C)(C)C. The molecule has 0 spiro atoms. The van der Waals surface area contributed by atoms with Gasteiger partial charge in [-0.15, -0.1) is 0 Å². The molecule has 1 aromatic rings. The Kier molecular flexibility index (Phi) is 7.42. The number of aliphatic carboxylic acids is 1. The van der Waals surface area contributed by atoms with E-state index in [0.29, 0.717) is 0 Å². The predicted octanol–water partition coefficient (Wildman–Crippen LogP) is 2.58. The molecule has 0 bridgehead atoms. The van der Waals surface area contributed by atoms with Crippen molar-refractivity contribution in [3.05, 3.63) is 35.9 Å². The lowest BCUT2D eigenvalue weighted by molar-refractivity contribution is -0.142. The van der Waals surface area contributed by atoms with Gasteiger partial charge in [-0.25, -0.2) is 14.4 Å². The van der Waals surface area contributed by atoms with Gasteiger partial charge >= 0.3 is 18.2 Å². The fourth-order valence-corrected chi connectivity index (χ4v) is 1.99. The highest BCUT2D eigenvalue weighted by atomic mass is 16.6. The van der Waals surface area contributed by atoms with Crippen molar-refractivity contribution in [2.45, 2.75) is 39.0 Å². The number of nitrogens with zero attached hydrogens (tertiary/aromatic N) is 2. The lowest BCUT2D eigenvalue weighted by atomic mass is 10.2. The van der Waals surface area contributed by atoms with E-state index in [4.69, 9.17) is 9.47 Å². The fraction of sp³-hybridized carbons (Fsp3) is 0.500. The Labute approximate surface area is 153 Å². The lowest BCUT2D eigenvalue weighted by Gasteiger charge is -2.29. The molecule has 0 saturated carbocycles. The largest absolute Gasteiger partial charge is 0.480 e. The van der Waals surface area contributed by atoms with Crippen LogP contribution in [0.1, 0.15) is 26.3 Å². The van der Waals surface area contributed by atoms with Crippen molar-refractivity contribution >= 4 is 18.2 Å². The van der Waals surface area contributed by atoms with Crippen LogP contribution in [-0.4, -0.2) is 65.3 Å². The van der Waals surface area contributed by atoms with Crippen LogP contribution in [0.4, 0.5) is 9.59 Å². The van der Waals surface area contributed by atoms with E-state index < -0.39 is 29.8 Å². The second-order valence-corrected chi connectivity index (χ2v) is 6.87. The van der Waals surface area contributed by atoms with Crippen LogP contribution in [-0.2, 0) is 20.9 Å². The molecule has 0 unspecified atom stereocenters. The van der Waals surface area contributed by atoms with Crippen molar-refractivity contribution in [3.8, 4) is 0 Å². The van der Waals surface area contributed by atoms with E-state index in [1.807, 2.05) is 18.2 Å². The number of hydrogen-bond donors (Lipinski definition) is 1. The Morgan fingerprint density at radius 3 is 2.15 bits per heavy atom. The van der Waals surface area contributed by atoms with Crippen LogP contribution in [0.25, 0.3) is 0 Å². The normalized spacial score (nSPS) is 12.0. The first kappa shape index (κ1) is 21.3. The molecular weight excluding hydrogens is 340 g/mol. The smallest absolute Gasteiger partial charge is 0.410 e. The predicted molar refractivity (Wildman–Crippen MR) is 94.7 cm³/mol. The molecule has 1 atom stereocenters. The lowest BCUT2D eigenvalue weighted by Crippen LogP contribution is -2.50. The van der Waals surface area contributed by atoms with Crippen LogP contribution < -0.4 is 0 Å². The molecule has 144 valence electrons. The van der Waals surface area contributed by atoms with Gasteiger partial charge in [0.2, 0.25) is 0 Å². The standard InChI is InChI=1S/C18H26N2O6/c1-18(2,3)26-16(23)19(4)11-14(15(21)22)20(5)17(24)25-12-13-9-7-6-8-10-13/h6-10,14H,11-12H2,1-5H3,(H,21,22)/t14-/m0/s1. The molecule has 0 aliphatic heterocycles. The first-order valence-electron chi connectivity index (χ1n) is 8.11. The highest BCUT2D eigenvalue weighted by Crippen LogP contribution is 2.11. The Bertz CT molecular complexity index is 626. The molecule has 0 aliphatic carbocycles. The van der Waals surface area contributed by atoms with Crippen molar-refractivity contribution < 1.29 is 29.0 Å². The Morgan fingerprint density at radius 2 is 1.65 bits per heavy atom. The number of carboxylic acids is 1. The fourth-order valence-electron chi connectivity index (χ4n) is 1.99. The molecule has 0 aromatic heterocycles. The van der Waals surface area contributed by atoms with E-state index >= 15 is 0 Å². The minimum atomic E-state index is -1.27. The van der Waals surface area contributed by atoms with E-state index in [2.05, 4.69) is 0 Å². The maximum absolute atomic E-state index is 12.1. The second-order valence-electron chi connectivity index (χ2n) is 6.87. The van der Waals surface area contributed by atoms with Gasteiger partial charge in [0.15, 0.2) is 0 Å². The maximum atomic E-state index is 12.1. The van der Waals surface area contributed by atoms with Crippen LogP contribution in [0.3, 0.4) is 0 Å². The molecular formula is C18H26N2O6. The summed E-state index contributed by atoms with van der Waals surface area (Å²) in [6, 6.07) is 7.77.